The van der Waals surface area contributed by atoms with Crippen molar-refractivity contribution in [3.8, 4) is 0 Å². The van der Waals surface area contributed by atoms with Gasteiger partial charge in [0.2, 0.25) is 0 Å². The van der Waals surface area contributed by atoms with Gasteiger partial charge in [-0.2, -0.15) is 0 Å². The molecule has 0 aliphatic rings. The monoisotopic (exact) mass is 323 g/mol. The van der Waals surface area contributed by atoms with Crippen molar-refractivity contribution >= 4 is 34.3 Å². The summed E-state index contributed by atoms with van der Waals surface area (Å²) < 4.78 is 6.52. The summed E-state index contributed by atoms with van der Waals surface area (Å²) in [4.78, 5) is 11.5. The van der Waals surface area contributed by atoms with Crippen molar-refractivity contribution in [1.82, 2.24) is 4.57 Å². The first-order chi connectivity index (χ1) is 9.97. The molecular formula is C15H11Cl2NO3. The van der Waals surface area contributed by atoms with E-state index < -0.39 is 11.9 Å². The van der Waals surface area contributed by atoms with Crippen LogP contribution in [-0.4, -0.2) is 9.67 Å². The summed E-state index contributed by atoms with van der Waals surface area (Å²) in [5.41, 5.74) is 2.15. The minimum atomic E-state index is -0.953. The van der Waals surface area contributed by atoms with Gasteiger partial charge in [0.25, 0.3) is 0 Å². The van der Waals surface area contributed by atoms with Crippen LogP contribution in [0.25, 0.3) is 11.1 Å². The van der Waals surface area contributed by atoms with Crippen LogP contribution >= 0.6 is 23.2 Å². The van der Waals surface area contributed by atoms with E-state index in [-0.39, 0.29) is 0 Å². The summed E-state index contributed by atoms with van der Waals surface area (Å²) in [7, 11) is 1.62. The Morgan fingerprint density at radius 3 is 2.71 bits per heavy atom. The third kappa shape index (κ3) is 2.46. The highest BCUT2D eigenvalue weighted by atomic mass is 35.5. The molecule has 4 nitrogen and oxygen atoms in total. The molecule has 0 bridgehead atoms. The lowest BCUT2D eigenvalue weighted by Gasteiger charge is -2.13. The number of hydrogen-bond donors (Lipinski definition) is 1. The smallest absolute Gasteiger partial charge is 0.408 e. The van der Waals surface area contributed by atoms with Crippen molar-refractivity contribution in [3.05, 3.63) is 68.1 Å². The van der Waals surface area contributed by atoms with Crippen LogP contribution in [0, 0.1) is 0 Å². The Labute approximate surface area is 130 Å². The predicted octanol–water partition coefficient (Wildman–Crippen LogP) is 3.52. The number of aliphatic hydroxyl groups excluding tert-OH is 1. The van der Waals surface area contributed by atoms with Gasteiger partial charge < -0.3 is 9.52 Å². The molecule has 0 fully saturated rings. The van der Waals surface area contributed by atoms with Gasteiger partial charge in [0.05, 0.1) is 5.52 Å². The highest BCUT2D eigenvalue weighted by molar-refractivity contribution is 6.33. The lowest BCUT2D eigenvalue weighted by atomic mass is 10.0. The zero-order valence-corrected chi connectivity index (χ0v) is 12.5. The maximum Gasteiger partial charge on any atom is 0.419 e. The van der Waals surface area contributed by atoms with Crippen LogP contribution in [0.15, 0.2) is 45.6 Å². The van der Waals surface area contributed by atoms with Gasteiger partial charge in [0, 0.05) is 22.7 Å². The number of halogens is 2. The average molecular weight is 324 g/mol. The lowest BCUT2D eigenvalue weighted by molar-refractivity contribution is 0.220. The molecule has 0 saturated heterocycles. The van der Waals surface area contributed by atoms with Gasteiger partial charge in [-0.25, -0.2) is 4.79 Å². The molecule has 0 amide bonds. The average Bonchev–Trinajstić information content (AvgIpc) is 2.75. The van der Waals surface area contributed by atoms with Crippen molar-refractivity contribution in [2.45, 2.75) is 6.10 Å². The van der Waals surface area contributed by atoms with Gasteiger partial charge >= 0.3 is 5.76 Å². The third-order valence-corrected chi connectivity index (χ3v) is 3.96. The maximum atomic E-state index is 11.5. The number of aliphatic hydroxyl groups is 1. The van der Waals surface area contributed by atoms with Gasteiger partial charge in [-0.1, -0.05) is 29.3 Å². The van der Waals surface area contributed by atoms with E-state index >= 15 is 0 Å². The minimum absolute atomic E-state index is 0.414. The predicted molar refractivity (Wildman–Crippen MR) is 82.0 cm³/mol. The van der Waals surface area contributed by atoms with Crippen LogP contribution in [0.3, 0.4) is 0 Å². The van der Waals surface area contributed by atoms with E-state index in [0.29, 0.717) is 32.3 Å². The molecule has 3 aromatic rings. The van der Waals surface area contributed by atoms with Crippen molar-refractivity contribution in [2.24, 2.45) is 7.05 Å². The van der Waals surface area contributed by atoms with Crippen molar-refractivity contribution in [1.29, 1.82) is 0 Å². The fraction of sp³-hybridized carbons (Fsp3) is 0.133. The molecule has 1 atom stereocenters. The fourth-order valence-corrected chi connectivity index (χ4v) is 2.63. The Morgan fingerprint density at radius 1 is 1.19 bits per heavy atom. The number of rotatable bonds is 2. The Hall–Kier alpha value is -1.75. The quantitative estimate of drug-likeness (QED) is 0.785. The molecule has 108 valence electrons. The zero-order chi connectivity index (χ0) is 15.1. The second-order valence-electron chi connectivity index (χ2n) is 4.72. The minimum Gasteiger partial charge on any atom is -0.408 e. The fourth-order valence-electron chi connectivity index (χ4n) is 2.22. The normalized spacial score (nSPS) is 12.8. The topological polar surface area (TPSA) is 55.4 Å². The molecule has 0 aliphatic heterocycles. The number of benzene rings is 2. The number of hydrogen-bond acceptors (Lipinski definition) is 3. The third-order valence-electron chi connectivity index (χ3n) is 3.38. The van der Waals surface area contributed by atoms with Crippen molar-refractivity contribution in [3.63, 3.8) is 0 Å². The van der Waals surface area contributed by atoms with Crippen molar-refractivity contribution in [2.75, 3.05) is 0 Å². The van der Waals surface area contributed by atoms with Crippen LogP contribution < -0.4 is 5.76 Å². The van der Waals surface area contributed by atoms with Crippen LogP contribution in [0.2, 0.25) is 10.0 Å². The molecule has 0 radical (unpaired) electrons. The zero-order valence-electron chi connectivity index (χ0n) is 11.0. The largest absolute Gasteiger partial charge is 0.419 e. The molecule has 1 aromatic heterocycles. The first kappa shape index (κ1) is 14.2. The molecule has 0 aliphatic carbocycles. The first-order valence-corrected chi connectivity index (χ1v) is 6.95. The van der Waals surface area contributed by atoms with E-state index in [4.69, 9.17) is 27.6 Å². The second-order valence-corrected chi connectivity index (χ2v) is 5.57. The molecule has 1 heterocycles. The Balaban J connectivity index is 2.11. The van der Waals surface area contributed by atoms with Crippen molar-refractivity contribution < 1.29 is 9.52 Å². The van der Waals surface area contributed by atoms with Gasteiger partial charge in [-0.3, -0.25) is 4.57 Å². The summed E-state index contributed by atoms with van der Waals surface area (Å²) in [5, 5.41) is 11.4. The number of oxazole rings is 1. The summed E-state index contributed by atoms with van der Waals surface area (Å²) in [6.45, 7) is 0. The van der Waals surface area contributed by atoms with Crippen LogP contribution in [0.5, 0.6) is 0 Å². The first-order valence-electron chi connectivity index (χ1n) is 6.20. The molecule has 3 rings (SSSR count). The van der Waals surface area contributed by atoms with Crippen LogP contribution in [-0.2, 0) is 7.05 Å². The molecule has 1 unspecified atom stereocenters. The standard InChI is InChI=1S/C15H11Cl2NO3/c1-18-12-5-2-8(6-13(12)21-15(18)20)14(19)10-7-9(16)3-4-11(10)17/h2-7,14,19H,1H3. The molecular weight excluding hydrogens is 313 g/mol. The maximum absolute atomic E-state index is 11.5. The summed E-state index contributed by atoms with van der Waals surface area (Å²) in [6, 6.07) is 9.96. The van der Waals surface area contributed by atoms with Gasteiger partial charge in [0.1, 0.15) is 6.10 Å². The molecule has 0 saturated carbocycles. The summed E-state index contributed by atoms with van der Waals surface area (Å²) in [6.07, 6.45) is -0.953. The highest BCUT2D eigenvalue weighted by Crippen LogP contribution is 2.31. The molecule has 2 aromatic carbocycles. The van der Waals surface area contributed by atoms with E-state index in [1.54, 1.807) is 43.4 Å². The number of aryl methyl sites for hydroxylation is 1. The Bertz CT molecular complexity index is 882. The molecule has 0 spiro atoms. The number of fused-ring (bicyclic) bond motifs is 1. The van der Waals surface area contributed by atoms with Crippen LogP contribution in [0.1, 0.15) is 17.2 Å². The summed E-state index contributed by atoms with van der Waals surface area (Å²) in [5.74, 6) is -0.447. The van der Waals surface area contributed by atoms with E-state index in [9.17, 15) is 9.90 Å². The Kier molecular flexibility index (Phi) is 3.53. The second kappa shape index (κ2) is 5.22. The SMILES string of the molecule is Cn1c(=O)oc2cc(C(O)c3cc(Cl)ccc3Cl)ccc21. The molecule has 6 heteroatoms. The number of nitrogens with zero attached hydrogens (tertiary/aromatic N) is 1. The van der Waals surface area contributed by atoms with E-state index in [0.717, 1.165) is 0 Å². The highest BCUT2D eigenvalue weighted by Gasteiger charge is 2.16. The van der Waals surface area contributed by atoms with E-state index in [1.165, 1.54) is 4.57 Å². The Morgan fingerprint density at radius 2 is 1.95 bits per heavy atom. The van der Waals surface area contributed by atoms with Gasteiger partial charge in [-0.15, -0.1) is 0 Å². The number of aromatic nitrogens is 1. The summed E-state index contributed by atoms with van der Waals surface area (Å²) >= 11 is 12.0. The van der Waals surface area contributed by atoms with E-state index in [1.807, 2.05) is 0 Å². The lowest BCUT2D eigenvalue weighted by Crippen LogP contribution is -2.08. The van der Waals surface area contributed by atoms with Crippen LogP contribution in [0.4, 0.5) is 0 Å². The van der Waals surface area contributed by atoms with Gasteiger partial charge in [-0.05, 0) is 35.9 Å². The molecule has 1 N–H and O–H groups in total. The van der Waals surface area contributed by atoms with E-state index in [2.05, 4.69) is 0 Å². The molecule has 21 heavy (non-hydrogen) atoms. The van der Waals surface area contributed by atoms with Gasteiger partial charge in [0.15, 0.2) is 5.58 Å².